The van der Waals surface area contributed by atoms with E-state index in [0.717, 1.165) is 38.8 Å². The van der Waals surface area contributed by atoms with Crippen molar-refractivity contribution >= 4 is 45.0 Å². The third kappa shape index (κ3) is 2.71. The molecular formula is C15H19N5S. The van der Waals surface area contributed by atoms with Gasteiger partial charge < -0.3 is 22.2 Å². The molecule has 5 nitrogen and oxygen atoms in total. The lowest BCUT2D eigenvalue weighted by molar-refractivity contribution is 0.890. The van der Waals surface area contributed by atoms with Gasteiger partial charge in [0, 0.05) is 18.8 Å². The van der Waals surface area contributed by atoms with Crippen LogP contribution in [0.5, 0.6) is 0 Å². The standard InChI is InChI=1S/C15H19N5S/c1-8-13-15(21-14(8)10(17)4-5-16)11(6-12(18)20-13)19-7-9-2-3-9/h4-6,9,16H,2-3,7,17H2,1H3,(H3,18,19,20)/b10-4-,16-5?. The van der Waals surface area contributed by atoms with Crippen molar-refractivity contribution in [2.24, 2.45) is 11.7 Å². The van der Waals surface area contributed by atoms with Crippen LogP contribution < -0.4 is 16.8 Å². The smallest absolute Gasteiger partial charge is 0.126 e. The summed E-state index contributed by atoms with van der Waals surface area (Å²) in [5.74, 6) is 1.31. The molecule has 0 spiro atoms. The Morgan fingerprint density at radius 2 is 2.33 bits per heavy atom. The number of hydrogen-bond acceptors (Lipinski definition) is 6. The molecule has 0 aliphatic heterocycles. The number of thiophene rings is 1. The second-order valence-electron chi connectivity index (χ2n) is 5.44. The van der Waals surface area contributed by atoms with E-state index < -0.39 is 0 Å². The average Bonchev–Trinajstić information content (AvgIpc) is 3.21. The van der Waals surface area contributed by atoms with Crippen LogP contribution in [0.3, 0.4) is 0 Å². The van der Waals surface area contributed by atoms with Crippen molar-refractivity contribution in [3.05, 3.63) is 22.6 Å². The van der Waals surface area contributed by atoms with E-state index in [0.29, 0.717) is 11.5 Å². The van der Waals surface area contributed by atoms with Crippen LogP contribution in [-0.2, 0) is 0 Å². The minimum atomic E-state index is 0.517. The number of nitrogens with one attached hydrogen (secondary N) is 2. The van der Waals surface area contributed by atoms with Gasteiger partial charge >= 0.3 is 0 Å². The Hall–Kier alpha value is -2.08. The number of allylic oxidation sites excluding steroid dienone is 1. The van der Waals surface area contributed by atoms with Crippen LogP contribution in [0.1, 0.15) is 23.3 Å². The molecule has 0 saturated heterocycles. The molecule has 21 heavy (non-hydrogen) atoms. The molecule has 6 heteroatoms. The predicted octanol–water partition coefficient (Wildman–Crippen LogP) is 2.96. The molecule has 0 amide bonds. The molecule has 0 bridgehead atoms. The highest BCUT2D eigenvalue weighted by atomic mass is 32.1. The van der Waals surface area contributed by atoms with Crippen LogP contribution in [0.25, 0.3) is 15.9 Å². The fourth-order valence-electron chi connectivity index (χ4n) is 2.35. The largest absolute Gasteiger partial charge is 0.398 e. The van der Waals surface area contributed by atoms with Gasteiger partial charge in [0.25, 0.3) is 0 Å². The van der Waals surface area contributed by atoms with Gasteiger partial charge in [0.2, 0.25) is 0 Å². The van der Waals surface area contributed by atoms with Crippen LogP contribution in [0.2, 0.25) is 0 Å². The molecule has 1 aliphatic rings. The zero-order valence-corrected chi connectivity index (χ0v) is 12.8. The normalized spacial score (nSPS) is 15.4. The molecular weight excluding hydrogens is 282 g/mol. The van der Waals surface area contributed by atoms with Crippen molar-refractivity contribution in [1.82, 2.24) is 4.98 Å². The fraction of sp³-hybridized carbons (Fsp3) is 0.333. The number of aromatic nitrogens is 1. The van der Waals surface area contributed by atoms with E-state index in [9.17, 15) is 0 Å². The molecule has 2 aromatic heterocycles. The zero-order chi connectivity index (χ0) is 15.0. The van der Waals surface area contributed by atoms with Crippen molar-refractivity contribution in [3.8, 4) is 0 Å². The highest BCUT2D eigenvalue weighted by Gasteiger charge is 2.22. The molecule has 1 aliphatic carbocycles. The van der Waals surface area contributed by atoms with E-state index in [1.54, 1.807) is 17.4 Å². The maximum atomic E-state index is 7.16. The summed E-state index contributed by atoms with van der Waals surface area (Å²) in [5, 5.41) is 10.6. The van der Waals surface area contributed by atoms with E-state index in [-0.39, 0.29) is 0 Å². The van der Waals surface area contributed by atoms with Crippen molar-refractivity contribution < 1.29 is 0 Å². The van der Waals surface area contributed by atoms with Crippen LogP contribution in [0.4, 0.5) is 11.5 Å². The summed E-state index contributed by atoms with van der Waals surface area (Å²) >= 11 is 1.60. The van der Waals surface area contributed by atoms with Crippen LogP contribution >= 0.6 is 11.3 Å². The molecule has 1 fully saturated rings. The Labute approximate surface area is 127 Å². The van der Waals surface area contributed by atoms with Crippen molar-refractivity contribution in [3.63, 3.8) is 0 Å². The second-order valence-corrected chi connectivity index (χ2v) is 6.46. The summed E-state index contributed by atoms with van der Waals surface area (Å²) in [6.07, 6.45) is 5.41. The average molecular weight is 301 g/mol. The number of pyridine rings is 1. The Morgan fingerprint density at radius 1 is 1.57 bits per heavy atom. The van der Waals surface area contributed by atoms with E-state index >= 15 is 0 Å². The number of nitrogen functional groups attached to an aromatic ring is 1. The van der Waals surface area contributed by atoms with Gasteiger partial charge in [0.15, 0.2) is 0 Å². The van der Waals surface area contributed by atoms with Crippen molar-refractivity contribution in [1.29, 1.82) is 5.41 Å². The molecule has 0 atom stereocenters. The Balaban J connectivity index is 2.08. The van der Waals surface area contributed by atoms with Crippen LogP contribution in [0.15, 0.2) is 12.1 Å². The molecule has 6 N–H and O–H groups in total. The maximum Gasteiger partial charge on any atom is 0.126 e. The molecule has 0 radical (unpaired) electrons. The molecule has 0 aromatic carbocycles. The SMILES string of the molecule is Cc1c(/C(N)=C/C=N)sc2c(NCC3CC3)cc(N)nc12. The van der Waals surface area contributed by atoms with Gasteiger partial charge in [-0.1, -0.05) is 0 Å². The van der Waals surface area contributed by atoms with Crippen LogP contribution in [-0.4, -0.2) is 17.7 Å². The number of hydrogen-bond donors (Lipinski definition) is 4. The molecule has 0 unspecified atom stereocenters. The number of rotatable bonds is 5. The van der Waals surface area contributed by atoms with Gasteiger partial charge in [0.1, 0.15) is 5.82 Å². The summed E-state index contributed by atoms with van der Waals surface area (Å²) in [4.78, 5) is 5.41. The summed E-state index contributed by atoms with van der Waals surface area (Å²) < 4.78 is 1.08. The summed E-state index contributed by atoms with van der Waals surface area (Å²) in [7, 11) is 0. The third-order valence-corrected chi connectivity index (χ3v) is 5.06. The molecule has 3 rings (SSSR count). The summed E-state index contributed by atoms with van der Waals surface area (Å²) in [5.41, 5.74) is 15.5. The molecule has 110 valence electrons. The number of anilines is 2. The van der Waals surface area contributed by atoms with E-state index in [2.05, 4.69) is 10.3 Å². The number of aryl methyl sites for hydroxylation is 1. The summed E-state index contributed by atoms with van der Waals surface area (Å²) in [6.45, 7) is 2.98. The fourth-order valence-corrected chi connectivity index (χ4v) is 3.52. The van der Waals surface area contributed by atoms with E-state index in [1.807, 2.05) is 13.0 Å². The second kappa shape index (κ2) is 5.37. The highest BCUT2D eigenvalue weighted by Crippen LogP contribution is 2.38. The van der Waals surface area contributed by atoms with Gasteiger partial charge in [-0.2, -0.15) is 0 Å². The predicted molar refractivity (Wildman–Crippen MR) is 90.9 cm³/mol. The van der Waals surface area contributed by atoms with Gasteiger partial charge in [-0.3, -0.25) is 0 Å². The Morgan fingerprint density at radius 3 is 3.00 bits per heavy atom. The van der Waals surface area contributed by atoms with Crippen molar-refractivity contribution in [2.75, 3.05) is 17.6 Å². The van der Waals surface area contributed by atoms with E-state index in [1.165, 1.54) is 19.1 Å². The number of nitrogens with zero attached hydrogens (tertiary/aromatic N) is 1. The first kappa shape index (κ1) is 13.9. The first-order chi connectivity index (χ1) is 10.1. The zero-order valence-electron chi connectivity index (χ0n) is 11.9. The monoisotopic (exact) mass is 301 g/mol. The number of nitrogens with two attached hydrogens (primary N) is 2. The van der Waals surface area contributed by atoms with Gasteiger partial charge in [0.05, 0.1) is 26.5 Å². The van der Waals surface area contributed by atoms with Crippen molar-refractivity contribution in [2.45, 2.75) is 19.8 Å². The van der Waals surface area contributed by atoms with Gasteiger partial charge in [-0.25, -0.2) is 4.98 Å². The van der Waals surface area contributed by atoms with Gasteiger partial charge in [-0.05, 0) is 37.3 Å². The Kier molecular flexibility index (Phi) is 3.55. The molecule has 2 heterocycles. The quantitative estimate of drug-likeness (QED) is 0.638. The molecule has 1 saturated carbocycles. The lowest BCUT2D eigenvalue weighted by Crippen LogP contribution is -2.04. The topological polar surface area (TPSA) is 101 Å². The van der Waals surface area contributed by atoms with E-state index in [4.69, 9.17) is 16.9 Å². The minimum Gasteiger partial charge on any atom is -0.398 e. The minimum absolute atomic E-state index is 0.517. The molecule has 2 aromatic rings. The first-order valence-corrected chi connectivity index (χ1v) is 7.82. The Bertz CT molecular complexity index is 727. The first-order valence-electron chi connectivity index (χ1n) is 7.00. The third-order valence-electron chi connectivity index (χ3n) is 3.70. The summed E-state index contributed by atoms with van der Waals surface area (Å²) in [6, 6.07) is 1.89. The lowest BCUT2D eigenvalue weighted by atomic mass is 10.2. The highest BCUT2D eigenvalue weighted by molar-refractivity contribution is 7.20. The van der Waals surface area contributed by atoms with Crippen LogP contribution in [0, 0.1) is 18.3 Å². The number of fused-ring (bicyclic) bond motifs is 1. The maximum absolute atomic E-state index is 7.16. The lowest BCUT2D eigenvalue weighted by Gasteiger charge is -2.07. The van der Waals surface area contributed by atoms with Gasteiger partial charge in [-0.15, -0.1) is 11.3 Å².